The molecule has 0 atom stereocenters. The Morgan fingerprint density at radius 2 is 1.65 bits per heavy atom. The number of carbonyl (C=O) groups excluding carboxylic acids is 1. The number of methoxy groups -OCH3 is 1. The predicted molar refractivity (Wildman–Crippen MR) is 102 cm³/mol. The van der Waals surface area contributed by atoms with E-state index in [1.165, 1.54) is 51.5 Å². The molecule has 0 amide bonds. The Morgan fingerprint density at radius 1 is 1.19 bits per heavy atom. The normalized spacial score (nSPS) is 39.3. The summed E-state index contributed by atoms with van der Waals surface area (Å²) >= 11 is 0. The molecule has 148 valence electrons. The van der Waals surface area contributed by atoms with Crippen molar-refractivity contribution in [3.63, 3.8) is 0 Å². The van der Waals surface area contributed by atoms with Crippen LogP contribution in [0.3, 0.4) is 0 Å². The second-order valence-corrected chi connectivity index (χ2v) is 9.17. The van der Waals surface area contributed by atoms with Gasteiger partial charge in [-0.2, -0.15) is 0 Å². The first kappa shape index (κ1) is 20.9. The molecule has 0 radical (unpaired) electrons. The van der Waals surface area contributed by atoms with Crippen LogP contribution in [0, 0.1) is 10.8 Å². The molecular weight excluding hydrogens is 330 g/mol. The number of aryl methyl sites for hydroxylation is 1. The van der Waals surface area contributed by atoms with Crippen molar-refractivity contribution in [3.05, 3.63) is 18.2 Å². The van der Waals surface area contributed by atoms with E-state index in [1.807, 2.05) is 6.20 Å². The van der Waals surface area contributed by atoms with Crippen LogP contribution in [-0.4, -0.2) is 40.9 Å². The molecule has 0 saturated heterocycles. The molecule has 1 heterocycles. The van der Waals surface area contributed by atoms with Crippen molar-refractivity contribution in [1.29, 1.82) is 0 Å². The van der Waals surface area contributed by atoms with Gasteiger partial charge in [0.25, 0.3) is 6.47 Å². The number of aliphatic hydroxyl groups is 1. The molecule has 1 aromatic heterocycles. The van der Waals surface area contributed by atoms with E-state index in [1.54, 1.807) is 0 Å². The Labute approximate surface area is 157 Å². The number of rotatable bonds is 3. The molecule has 26 heavy (non-hydrogen) atoms. The molecule has 6 heteroatoms. The van der Waals surface area contributed by atoms with Crippen molar-refractivity contribution in [2.75, 3.05) is 14.2 Å². The molecule has 1 aromatic rings. The van der Waals surface area contributed by atoms with Crippen LogP contribution in [-0.2, 0) is 21.5 Å². The van der Waals surface area contributed by atoms with E-state index < -0.39 is 0 Å². The van der Waals surface area contributed by atoms with Crippen molar-refractivity contribution in [1.82, 2.24) is 9.55 Å². The number of ether oxygens (including phenoxy) is 1. The summed E-state index contributed by atoms with van der Waals surface area (Å²) in [5.74, 6) is 1.27. The van der Waals surface area contributed by atoms with Crippen molar-refractivity contribution in [3.8, 4) is 0 Å². The smallest absolute Gasteiger partial charge is 0.292 e. The summed E-state index contributed by atoms with van der Waals surface area (Å²) in [4.78, 5) is 13.3. The van der Waals surface area contributed by atoms with E-state index in [4.69, 9.17) is 15.6 Å². The lowest BCUT2D eigenvalue weighted by Crippen LogP contribution is -2.70. The molecule has 6 nitrogen and oxygen atoms in total. The Kier molecular flexibility index (Phi) is 5.88. The SMILES string of the molecule is CC12CC(N)(C1)C2.CCc1nccn1C12CC(C)(C1)C2.CO.COC=O. The Balaban J connectivity index is 0.000000158. The molecule has 7 rings (SSSR count). The van der Waals surface area contributed by atoms with Gasteiger partial charge in [-0.05, 0) is 49.4 Å². The van der Waals surface area contributed by atoms with E-state index in [-0.39, 0.29) is 0 Å². The number of imidazole rings is 1. The molecule has 6 aliphatic rings. The minimum absolute atomic E-state index is 0.328. The van der Waals surface area contributed by atoms with Gasteiger partial charge in [-0.15, -0.1) is 0 Å². The fourth-order valence-electron chi connectivity index (χ4n) is 5.91. The van der Waals surface area contributed by atoms with E-state index in [0.717, 1.165) is 13.5 Å². The molecule has 4 bridgehead atoms. The highest BCUT2D eigenvalue weighted by Crippen LogP contribution is 2.71. The minimum atomic E-state index is 0.328. The van der Waals surface area contributed by atoms with E-state index in [0.29, 0.717) is 28.4 Å². The van der Waals surface area contributed by atoms with Crippen LogP contribution in [0.4, 0.5) is 0 Å². The summed E-state index contributed by atoms with van der Waals surface area (Å²) in [5, 5.41) is 7.00. The van der Waals surface area contributed by atoms with Crippen LogP contribution in [0.25, 0.3) is 0 Å². The van der Waals surface area contributed by atoms with Gasteiger partial charge in [0.15, 0.2) is 0 Å². The van der Waals surface area contributed by atoms with Gasteiger partial charge in [0.2, 0.25) is 0 Å². The second kappa shape index (κ2) is 7.31. The summed E-state index contributed by atoms with van der Waals surface area (Å²) < 4.78 is 6.29. The van der Waals surface area contributed by atoms with Crippen molar-refractivity contribution in [2.45, 2.75) is 76.8 Å². The maximum atomic E-state index is 8.95. The minimum Gasteiger partial charge on any atom is -0.471 e. The molecule has 0 aliphatic heterocycles. The van der Waals surface area contributed by atoms with E-state index >= 15 is 0 Å². The lowest BCUT2D eigenvalue weighted by molar-refractivity contribution is -0.175. The first-order chi connectivity index (χ1) is 12.2. The monoisotopic (exact) mass is 365 g/mol. The molecule has 6 aliphatic carbocycles. The van der Waals surface area contributed by atoms with Crippen LogP contribution >= 0.6 is 0 Å². The molecule has 6 fully saturated rings. The molecule has 3 N–H and O–H groups in total. The molecule has 0 aromatic carbocycles. The zero-order valence-corrected chi connectivity index (χ0v) is 16.9. The van der Waals surface area contributed by atoms with Gasteiger partial charge in [0, 0.05) is 37.0 Å². The van der Waals surface area contributed by atoms with Crippen molar-refractivity contribution < 1.29 is 14.6 Å². The van der Waals surface area contributed by atoms with Crippen LogP contribution in [0.1, 0.15) is 65.1 Å². The Morgan fingerprint density at radius 3 is 1.92 bits per heavy atom. The van der Waals surface area contributed by atoms with Gasteiger partial charge in [0.05, 0.1) is 7.11 Å². The number of hydrogen-bond acceptors (Lipinski definition) is 5. The highest BCUT2D eigenvalue weighted by molar-refractivity contribution is 5.36. The lowest BCUT2D eigenvalue weighted by atomic mass is 9.40. The number of nitrogens with zero attached hydrogens (tertiary/aromatic N) is 2. The summed E-state index contributed by atoms with van der Waals surface area (Å²) in [6.07, 6.45) is 13.2. The zero-order chi connectivity index (χ0) is 19.6. The number of carbonyl (C=O) groups is 1. The predicted octanol–water partition coefficient (Wildman–Crippen LogP) is 2.63. The number of hydrogen-bond donors (Lipinski definition) is 2. The van der Waals surface area contributed by atoms with Crippen molar-refractivity contribution >= 4 is 6.47 Å². The van der Waals surface area contributed by atoms with Crippen molar-refractivity contribution in [2.24, 2.45) is 16.6 Å². The first-order valence-corrected chi connectivity index (χ1v) is 9.44. The zero-order valence-electron chi connectivity index (χ0n) is 16.9. The highest BCUT2D eigenvalue weighted by Gasteiger charge is 2.66. The van der Waals surface area contributed by atoms with Gasteiger partial charge in [-0.3, -0.25) is 4.79 Å². The third kappa shape index (κ3) is 3.67. The van der Waals surface area contributed by atoms with Crippen LogP contribution < -0.4 is 5.73 Å². The van der Waals surface area contributed by atoms with Crippen LogP contribution in [0.15, 0.2) is 12.4 Å². The van der Waals surface area contributed by atoms with Gasteiger partial charge >= 0.3 is 0 Å². The second-order valence-electron chi connectivity index (χ2n) is 9.17. The first-order valence-electron chi connectivity index (χ1n) is 9.44. The third-order valence-corrected chi connectivity index (χ3v) is 6.24. The number of aromatic nitrogens is 2. The van der Waals surface area contributed by atoms with Gasteiger partial charge in [0.1, 0.15) is 5.82 Å². The van der Waals surface area contributed by atoms with Crippen LogP contribution in [0.2, 0.25) is 0 Å². The average molecular weight is 366 g/mol. The Bertz CT molecular complexity index is 574. The molecule has 0 spiro atoms. The molecule has 0 unspecified atom stereocenters. The maximum Gasteiger partial charge on any atom is 0.292 e. The van der Waals surface area contributed by atoms with Gasteiger partial charge in [-0.1, -0.05) is 20.8 Å². The Hall–Kier alpha value is -1.40. The fraction of sp³-hybridized carbons (Fsp3) is 0.800. The molecule has 6 saturated carbocycles. The summed E-state index contributed by atoms with van der Waals surface area (Å²) in [7, 11) is 2.31. The third-order valence-electron chi connectivity index (χ3n) is 6.24. The largest absolute Gasteiger partial charge is 0.471 e. The van der Waals surface area contributed by atoms with E-state index in [2.05, 4.69) is 41.3 Å². The maximum absolute atomic E-state index is 8.95. The number of aliphatic hydroxyl groups excluding tert-OH is 1. The lowest BCUT2D eigenvalue weighted by Gasteiger charge is -2.70. The standard InChI is InChI=1S/C11H16N2.C6H11N.C2H4O2.CH4O/c1-3-9-12-4-5-13(9)11-6-10(2,7-11)8-11;1-5-2-6(7,3-5)4-5;1-4-2-3;1-2/h4-5H,3,6-8H2,1-2H3;2-4,7H2,1H3;2H,1H3;2H,1H3. The summed E-state index contributed by atoms with van der Waals surface area (Å²) in [5.41, 5.74) is 7.99. The summed E-state index contributed by atoms with van der Waals surface area (Å²) in [6, 6.07) is 0. The summed E-state index contributed by atoms with van der Waals surface area (Å²) in [6.45, 7) is 7.28. The fourth-order valence-corrected chi connectivity index (χ4v) is 5.91. The topological polar surface area (TPSA) is 90.4 Å². The van der Waals surface area contributed by atoms with Gasteiger partial charge < -0.3 is 20.1 Å². The highest BCUT2D eigenvalue weighted by atomic mass is 16.5. The van der Waals surface area contributed by atoms with Gasteiger partial charge in [-0.25, -0.2) is 4.98 Å². The molecular formula is C20H35N3O3. The number of nitrogens with two attached hydrogens (primary N) is 1. The average Bonchev–Trinajstić information content (AvgIpc) is 3.00. The van der Waals surface area contributed by atoms with E-state index in [9.17, 15) is 0 Å². The van der Waals surface area contributed by atoms with Crippen LogP contribution in [0.5, 0.6) is 0 Å². The quantitative estimate of drug-likeness (QED) is 0.804.